The van der Waals surface area contributed by atoms with Crippen molar-refractivity contribution in [2.45, 2.75) is 13.5 Å². The third-order valence-electron chi connectivity index (χ3n) is 4.35. The summed E-state index contributed by atoms with van der Waals surface area (Å²) in [6.07, 6.45) is 4.14. The van der Waals surface area contributed by atoms with Crippen LogP contribution in [-0.2, 0) is 11.3 Å². The largest absolute Gasteiger partial charge is 0.478 e. The maximum absolute atomic E-state index is 12.1. The number of benzene rings is 2. The second kappa shape index (κ2) is 11.5. The Bertz CT molecular complexity index is 1130. The maximum atomic E-state index is 12.1. The number of amides is 1. The van der Waals surface area contributed by atoms with Crippen molar-refractivity contribution in [2.24, 2.45) is 0 Å². The van der Waals surface area contributed by atoms with E-state index in [-0.39, 0.29) is 11.5 Å². The fourth-order valence-corrected chi connectivity index (χ4v) is 2.90. The summed E-state index contributed by atoms with van der Waals surface area (Å²) in [5.74, 6) is 0.0349. The van der Waals surface area contributed by atoms with Gasteiger partial charge >= 0.3 is 5.97 Å². The molecule has 3 aromatic rings. The molecule has 0 aliphatic carbocycles. The molecular weight excluding hydrogens is 444 g/mol. The number of carboxylic acid groups (broad SMARTS) is 1. The Morgan fingerprint density at radius 3 is 2.42 bits per heavy atom. The van der Waals surface area contributed by atoms with Crippen molar-refractivity contribution in [1.82, 2.24) is 15.6 Å². The molecule has 2 aromatic carbocycles. The van der Waals surface area contributed by atoms with E-state index in [0.717, 1.165) is 11.3 Å². The SMILES string of the molecule is CCNC(=O)/C=C(\NCc1ccc(Cl)cc1)Nc1ccc(Oc2cncc(C(=O)O)c2)cc1. The molecule has 0 fully saturated rings. The van der Waals surface area contributed by atoms with Crippen LogP contribution in [0.1, 0.15) is 22.8 Å². The van der Waals surface area contributed by atoms with Gasteiger partial charge in [-0.05, 0) is 55.0 Å². The third kappa shape index (κ3) is 7.55. The first-order chi connectivity index (χ1) is 15.9. The number of aromatic nitrogens is 1. The summed E-state index contributed by atoms with van der Waals surface area (Å²) in [7, 11) is 0. The molecule has 9 heteroatoms. The highest BCUT2D eigenvalue weighted by molar-refractivity contribution is 6.30. The summed E-state index contributed by atoms with van der Waals surface area (Å²) in [5, 5.41) is 18.9. The zero-order chi connectivity index (χ0) is 23.6. The molecule has 8 nitrogen and oxygen atoms in total. The highest BCUT2D eigenvalue weighted by atomic mass is 35.5. The Balaban J connectivity index is 1.68. The Hall–Kier alpha value is -4.04. The fraction of sp³-hybridized carbons (Fsp3) is 0.125. The minimum Gasteiger partial charge on any atom is -0.478 e. The monoisotopic (exact) mass is 466 g/mol. The molecule has 1 heterocycles. The molecule has 0 bridgehead atoms. The number of rotatable bonds is 10. The molecule has 0 aliphatic heterocycles. The second-order valence-electron chi connectivity index (χ2n) is 6.90. The minimum atomic E-state index is -1.08. The summed E-state index contributed by atoms with van der Waals surface area (Å²) in [4.78, 5) is 27.0. The van der Waals surface area contributed by atoms with E-state index < -0.39 is 5.97 Å². The van der Waals surface area contributed by atoms with Gasteiger partial charge in [0.25, 0.3) is 0 Å². The molecule has 0 saturated carbocycles. The first-order valence-corrected chi connectivity index (χ1v) is 10.5. The Labute approximate surface area is 196 Å². The van der Waals surface area contributed by atoms with Gasteiger partial charge in [0.05, 0.1) is 11.8 Å². The lowest BCUT2D eigenvalue weighted by Gasteiger charge is -2.15. The number of likely N-dealkylation sites (N-methyl/N-ethyl adjacent to an activating group) is 1. The van der Waals surface area contributed by atoms with Crippen molar-refractivity contribution in [1.29, 1.82) is 0 Å². The number of ether oxygens (including phenoxy) is 1. The third-order valence-corrected chi connectivity index (χ3v) is 4.60. The molecule has 0 atom stereocenters. The number of hydrogen-bond donors (Lipinski definition) is 4. The molecule has 0 radical (unpaired) electrons. The summed E-state index contributed by atoms with van der Waals surface area (Å²) < 4.78 is 5.68. The van der Waals surface area contributed by atoms with E-state index in [1.165, 1.54) is 24.5 Å². The molecule has 1 aromatic heterocycles. The molecular formula is C24H23ClN4O4. The van der Waals surface area contributed by atoms with Gasteiger partial charge < -0.3 is 25.8 Å². The molecule has 3 rings (SSSR count). The van der Waals surface area contributed by atoms with E-state index in [2.05, 4.69) is 20.9 Å². The van der Waals surface area contributed by atoms with Crippen LogP contribution in [0.2, 0.25) is 5.02 Å². The average molecular weight is 467 g/mol. The van der Waals surface area contributed by atoms with Gasteiger partial charge in [-0.2, -0.15) is 0 Å². The van der Waals surface area contributed by atoms with Gasteiger partial charge in [0.1, 0.15) is 17.3 Å². The molecule has 0 saturated heterocycles. The van der Waals surface area contributed by atoms with Crippen molar-refractivity contribution >= 4 is 29.2 Å². The average Bonchev–Trinajstić information content (AvgIpc) is 2.80. The predicted molar refractivity (Wildman–Crippen MR) is 126 cm³/mol. The number of nitrogens with zero attached hydrogens (tertiary/aromatic N) is 1. The molecule has 1 amide bonds. The van der Waals surface area contributed by atoms with Crippen LogP contribution in [0.3, 0.4) is 0 Å². The number of pyridine rings is 1. The van der Waals surface area contributed by atoms with E-state index >= 15 is 0 Å². The van der Waals surface area contributed by atoms with Crippen molar-refractivity contribution in [3.05, 3.63) is 95.0 Å². The van der Waals surface area contributed by atoms with Crippen molar-refractivity contribution < 1.29 is 19.4 Å². The standard InChI is InChI=1S/C24H23ClN4O4/c1-2-27-23(30)12-22(28-13-16-3-5-18(25)6-4-16)29-19-7-9-20(10-8-19)33-21-11-17(24(31)32)14-26-15-21/h3-12,14-15,28-29H,2,13H2,1H3,(H,27,30)(H,31,32)/b22-12+. The number of halogens is 1. The van der Waals surface area contributed by atoms with Crippen LogP contribution >= 0.6 is 11.6 Å². The molecule has 0 aliphatic rings. The lowest BCUT2D eigenvalue weighted by molar-refractivity contribution is -0.116. The zero-order valence-electron chi connectivity index (χ0n) is 17.8. The van der Waals surface area contributed by atoms with Crippen LogP contribution in [0.15, 0.2) is 78.9 Å². The molecule has 33 heavy (non-hydrogen) atoms. The number of carboxylic acids is 1. The number of aromatic carboxylic acids is 1. The fourth-order valence-electron chi connectivity index (χ4n) is 2.78. The van der Waals surface area contributed by atoms with Gasteiger partial charge in [0.2, 0.25) is 5.91 Å². The van der Waals surface area contributed by atoms with Gasteiger partial charge in [0.15, 0.2) is 0 Å². The van der Waals surface area contributed by atoms with Crippen LogP contribution in [0.5, 0.6) is 11.5 Å². The first-order valence-electron chi connectivity index (χ1n) is 10.1. The van der Waals surface area contributed by atoms with Gasteiger partial charge in [-0.15, -0.1) is 0 Å². The van der Waals surface area contributed by atoms with Crippen LogP contribution in [0, 0.1) is 0 Å². The normalized spacial score (nSPS) is 10.9. The lowest BCUT2D eigenvalue weighted by atomic mass is 10.2. The molecule has 0 unspecified atom stereocenters. The van der Waals surface area contributed by atoms with Crippen molar-refractivity contribution in [3.63, 3.8) is 0 Å². The van der Waals surface area contributed by atoms with Gasteiger partial charge in [-0.25, -0.2) is 4.79 Å². The quantitative estimate of drug-likeness (QED) is 0.327. The van der Waals surface area contributed by atoms with E-state index in [0.29, 0.717) is 35.4 Å². The number of anilines is 1. The predicted octanol–water partition coefficient (Wildman–Crippen LogP) is 4.40. The Kier molecular flexibility index (Phi) is 8.26. The first kappa shape index (κ1) is 23.6. The van der Waals surface area contributed by atoms with Crippen LogP contribution in [0.25, 0.3) is 0 Å². The van der Waals surface area contributed by atoms with Crippen LogP contribution < -0.4 is 20.7 Å². The van der Waals surface area contributed by atoms with E-state index in [9.17, 15) is 9.59 Å². The highest BCUT2D eigenvalue weighted by Crippen LogP contribution is 2.23. The van der Waals surface area contributed by atoms with Crippen LogP contribution in [0.4, 0.5) is 5.69 Å². The van der Waals surface area contributed by atoms with Crippen molar-refractivity contribution in [3.8, 4) is 11.5 Å². The summed E-state index contributed by atoms with van der Waals surface area (Å²) in [6, 6.07) is 15.8. The molecule has 0 spiro atoms. The number of nitrogens with one attached hydrogen (secondary N) is 3. The summed E-state index contributed by atoms with van der Waals surface area (Å²) in [6.45, 7) is 2.85. The summed E-state index contributed by atoms with van der Waals surface area (Å²) in [5.41, 5.74) is 1.76. The maximum Gasteiger partial charge on any atom is 0.337 e. The van der Waals surface area contributed by atoms with Gasteiger partial charge in [0, 0.05) is 36.1 Å². The molecule has 4 N–H and O–H groups in total. The zero-order valence-corrected chi connectivity index (χ0v) is 18.6. The van der Waals surface area contributed by atoms with E-state index in [1.807, 2.05) is 19.1 Å². The molecule has 170 valence electrons. The second-order valence-corrected chi connectivity index (χ2v) is 7.33. The number of hydrogen-bond acceptors (Lipinski definition) is 6. The number of carbonyl (C=O) groups is 2. The van der Waals surface area contributed by atoms with E-state index in [4.69, 9.17) is 21.4 Å². The van der Waals surface area contributed by atoms with Gasteiger partial charge in [-0.1, -0.05) is 23.7 Å². The minimum absolute atomic E-state index is 0.0395. The smallest absolute Gasteiger partial charge is 0.337 e. The van der Waals surface area contributed by atoms with Crippen LogP contribution in [-0.4, -0.2) is 28.5 Å². The highest BCUT2D eigenvalue weighted by Gasteiger charge is 2.07. The topological polar surface area (TPSA) is 113 Å². The van der Waals surface area contributed by atoms with Gasteiger partial charge in [-0.3, -0.25) is 9.78 Å². The Morgan fingerprint density at radius 1 is 1.03 bits per heavy atom. The summed E-state index contributed by atoms with van der Waals surface area (Å²) >= 11 is 5.93. The number of carbonyl (C=O) groups excluding carboxylic acids is 1. The van der Waals surface area contributed by atoms with E-state index in [1.54, 1.807) is 36.4 Å². The van der Waals surface area contributed by atoms with Crippen molar-refractivity contribution in [2.75, 3.05) is 11.9 Å². The Morgan fingerprint density at radius 2 is 1.76 bits per heavy atom. The lowest BCUT2D eigenvalue weighted by Crippen LogP contribution is -2.26.